The van der Waals surface area contributed by atoms with Gasteiger partial charge < -0.3 is 4.98 Å². The number of carbonyl (C=O) groups is 1. The Hall–Kier alpha value is -0.990. The van der Waals surface area contributed by atoms with E-state index in [1.165, 1.54) is 0 Å². The molecule has 0 atom stereocenters. The summed E-state index contributed by atoms with van der Waals surface area (Å²) < 4.78 is 0. The molecule has 14 heavy (non-hydrogen) atoms. The van der Waals surface area contributed by atoms with E-state index in [-0.39, 0.29) is 11.7 Å². The van der Waals surface area contributed by atoms with E-state index in [9.17, 15) is 4.79 Å². The minimum Gasteiger partial charge on any atom is -0.351 e. The maximum Gasteiger partial charge on any atom is 0.195 e. The van der Waals surface area contributed by atoms with Gasteiger partial charge in [0, 0.05) is 10.9 Å². The minimum absolute atomic E-state index is 0.0630. The summed E-state index contributed by atoms with van der Waals surface area (Å²) in [6, 6.07) is 7.48. The lowest BCUT2D eigenvalue weighted by Crippen LogP contribution is -2.00. The summed E-state index contributed by atoms with van der Waals surface area (Å²) in [5.74, 6) is -0.250. The molecule has 2 rings (SSSR count). The first-order valence-electron chi connectivity index (χ1n) is 4.09. The minimum atomic E-state index is -0.187. The highest BCUT2D eigenvalue weighted by Gasteiger charge is 2.14. The molecule has 0 aliphatic carbocycles. The number of nitrogens with one attached hydrogen (secondary N) is 1. The van der Waals surface area contributed by atoms with Crippen LogP contribution in [-0.2, 0) is 0 Å². The molecule has 0 aliphatic heterocycles. The van der Waals surface area contributed by atoms with E-state index >= 15 is 0 Å². The lowest BCUT2D eigenvalue weighted by atomic mass is 10.2. The predicted molar refractivity (Wildman–Crippen MR) is 58.4 cm³/mol. The summed E-state index contributed by atoms with van der Waals surface area (Å²) in [7, 11) is 0. The summed E-state index contributed by atoms with van der Waals surface area (Å²) >= 11 is 11.5. The molecule has 2 aromatic rings. The van der Waals surface area contributed by atoms with Crippen molar-refractivity contribution in [3.05, 3.63) is 35.0 Å². The predicted octanol–water partition coefficient (Wildman–Crippen LogP) is 3.24. The average Bonchev–Trinajstić information content (AvgIpc) is 2.56. The Kier molecular flexibility index (Phi) is 2.48. The molecule has 0 amide bonds. The van der Waals surface area contributed by atoms with Crippen molar-refractivity contribution in [3.8, 4) is 0 Å². The van der Waals surface area contributed by atoms with Crippen molar-refractivity contribution >= 4 is 39.9 Å². The van der Waals surface area contributed by atoms with Crippen LogP contribution in [0, 0.1) is 0 Å². The van der Waals surface area contributed by atoms with Crippen molar-refractivity contribution in [2.45, 2.75) is 0 Å². The van der Waals surface area contributed by atoms with Gasteiger partial charge in [-0.3, -0.25) is 4.79 Å². The van der Waals surface area contributed by atoms with Crippen molar-refractivity contribution < 1.29 is 4.79 Å². The number of ketones is 1. The topological polar surface area (TPSA) is 32.9 Å². The van der Waals surface area contributed by atoms with E-state index < -0.39 is 0 Å². The Bertz CT molecular complexity index is 490. The smallest absolute Gasteiger partial charge is 0.195 e. The Morgan fingerprint density at radius 2 is 2.07 bits per heavy atom. The van der Waals surface area contributed by atoms with Crippen LogP contribution in [0.4, 0.5) is 0 Å². The number of benzene rings is 1. The molecule has 0 spiro atoms. The van der Waals surface area contributed by atoms with Gasteiger partial charge in [0.25, 0.3) is 0 Å². The van der Waals surface area contributed by atoms with Crippen molar-refractivity contribution in [2.75, 3.05) is 5.88 Å². The number of Topliss-reactive ketones (excluding diaryl/α,β-unsaturated/α-hetero) is 1. The van der Waals surface area contributed by atoms with Crippen LogP contribution in [-0.4, -0.2) is 16.6 Å². The van der Waals surface area contributed by atoms with Gasteiger partial charge >= 0.3 is 0 Å². The van der Waals surface area contributed by atoms with E-state index in [1.807, 2.05) is 24.3 Å². The van der Waals surface area contributed by atoms with E-state index in [2.05, 4.69) is 4.98 Å². The first-order chi connectivity index (χ1) is 6.74. The number of rotatable bonds is 2. The second kappa shape index (κ2) is 3.64. The molecule has 0 fully saturated rings. The Morgan fingerprint density at radius 3 is 2.71 bits per heavy atom. The molecule has 0 saturated heterocycles. The van der Waals surface area contributed by atoms with Gasteiger partial charge in [0.05, 0.1) is 10.9 Å². The number of H-pyrrole nitrogens is 1. The molecular formula is C10H7Cl2NO. The fraction of sp³-hybridized carbons (Fsp3) is 0.100. The summed E-state index contributed by atoms with van der Waals surface area (Å²) in [6.07, 6.45) is 0. The number of halogens is 2. The number of carbonyl (C=O) groups excluding carboxylic acids is 1. The van der Waals surface area contributed by atoms with E-state index in [0.29, 0.717) is 10.7 Å². The molecule has 0 bridgehead atoms. The van der Waals surface area contributed by atoms with Gasteiger partial charge in [-0.25, -0.2) is 0 Å². The van der Waals surface area contributed by atoms with E-state index in [4.69, 9.17) is 23.2 Å². The summed E-state index contributed by atoms with van der Waals surface area (Å²) in [5, 5.41) is 1.30. The number of fused-ring (bicyclic) bond motifs is 1. The quantitative estimate of drug-likeness (QED) is 0.621. The highest BCUT2D eigenvalue weighted by molar-refractivity contribution is 6.40. The van der Waals surface area contributed by atoms with Crippen molar-refractivity contribution in [1.82, 2.24) is 4.98 Å². The highest BCUT2D eigenvalue weighted by atomic mass is 35.5. The molecule has 1 aromatic carbocycles. The molecule has 4 heteroatoms. The molecule has 0 unspecified atom stereocenters. The van der Waals surface area contributed by atoms with Gasteiger partial charge in [-0.1, -0.05) is 29.8 Å². The van der Waals surface area contributed by atoms with Crippen molar-refractivity contribution in [2.24, 2.45) is 0 Å². The molecular weight excluding hydrogens is 221 g/mol. The molecule has 2 nitrogen and oxygen atoms in total. The fourth-order valence-corrected chi connectivity index (χ4v) is 1.82. The second-order valence-corrected chi connectivity index (χ2v) is 3.56. The maximum absolute atomic E-state index is 11.4. The van der Waals surface area contributed by atoms with Gasteiger partial charge in [0.1, 0.15) is 5.69 Å². The van der Waals surface area contributed by atoms with Gasteiger partial charge in [-0.15, -0.1) is 11.6 Å². The number of hydrogen-bond acceptors (Lipinski definition) is 1. The Balaban J connectivity index is 2.68. The Labute approximate surface area is 90.8 Å². The molecule has 0 radical (unpaired) electrons. The van der Waals surface area contributed by atoms with Crippen LogP contribution in [0.2, 0.25) is 5.02 Å². The zero-order chi connectivity index (χ0) is 10.1. The first-order valence-corrected chi connectivity index (χ1v) is 5.00. The number of aromatic amines is 1. The van der Waals surface area contributed by atoms with Crippen LogP contribution in [0.15, 0.2) is 24.3 Å². The van der Waals surface area contributed by atoms with Gasteiger partial charge in [0.15, 0.2) is 5.78 Å². The number of hydrogen-bond donors (Lipinski definition) is 1. The summed E-state index contributed by atoms with van der Waals surface area (Å²) in [6.45, 7) is 0. The lowest BCUT2D eigenvalue weighted by molar-refractivity contribution is 0.101. The van der Waals surface area contributed by atoms with Crippen LogP contribution < -0.4 is 0 Å². The third-order valence-corrected chi connectivity index (χ3v) is 2.68. The fourth-order valence-electron chi connectivity index (χ4n) is 1.37. The van der Waals surface area contributed by atoms with E-state index in [0.717, 1.165) is 10.9 Å². The third kappa shape index (κ3) is 1.41. The monoisotopic (exact) mass is 227 g/mol. The van der Waals surface area contributed by atoms with Gasteiger partial charge in [-0.2, -0.15) is 0 Å². The number of alkyl halides is 1. The molecule has 0 saturated carbocycles. The Morgan fingerprint density at radius 1 is 1.36 bits per heavy atom. The van der Waals surface area contributed by atoms with Gasteiger partial charge in [-0.05, 0) is 6.07 Å². The zero-order valence-electron chi connectivity index (χ0n) is 7.18. The van der Waals surface area contributed by atoms with Crippen molar-refractivity contribution in [1.29, 1.82) is 0 Å². The van der Waals surface area contributed by atoms with Crippen LogP contribution in [0.25, 0.3) is 10.9 Å². The van der Waals surface area contributed by atoms with Gasteiger partial charge in [0.2, 0.25) is 0 Å². The van der Waals surface area contributed by atoms with Crippen LogP contribution in [0.5, 0.6) is 0 Å². The third-order valence-electron chi connectivity index (χ3n) is 2.04. The summed E-state index contributed by atoms with van der Waals surface area (Å²) in [4.78, 5) is 14.3. The van der Waals surface area contributed by atoms with Crippen LogP contribution >= 0.6 is 23.2 Å². The molecule has 1 heterocycles. The lowest BCUT2D eigenvalue weighted by Gasteiger charge is -1.91. The molecule has 1 N–H and O–H groups in total. The number of para-hydroxylation sites is 1. The molecule has 72 valence electrons. The normalized spacial score (nSPS) is 10.7. The van der Waals surface area contributed by atoms with Crippen LogP contribution in [0.3, 0.4) is 0 Å². The SMILES string of the molecule is O=C(CCl)c1[nH]c2ccccc2c1Cl. The van der Waals surface area contributed by atoms with Crippen LogP contribution in [0.1, 0.15) is 10.5 Å². The summed E-state index contributed by atoms with van der Waals surface area (Å²) in [5.41, 5.74) is 1.24. The highest BCUT2D eigenvalue weighted by Crippen LogP contribution is 2.27. The standard InChI is InChI=1S/C10H7Cl2NO/c11-5-8(14)10-9(12)6-3-1-2-4-7(6)13-10/h1-4,13H,5H2. The second-order valence-electron chi connectivity index (χ2n) is 2.92. The van der Waals surface area contributed by atoms with E-state index in [1.54, 1.807) is 0 Å². The number of aromatic nitrogens is 1. The maximum atomic E-state index is 11.4. The first kappa shape index (κ1) is 9.56. The molecule has 0 aliphatic rings. The average molecular weight is 228 g/mol. The van der Waals surface area contributed by atoms with Crippen molar-refractivity contribution in [3.63, 3.8) is 0 Å². The largest absolute Gasteiger partial charge is 0.351 e. The zero-order valence-corrected chi connectivity index (χ0v) is 8.69. The molecule has 1 aromatic heterocycles.